The Bertz CT molecular complexity index is 504. The Morgan fingerprint density at radius 3 is 2.54 bits per heavy atom. The third-order valence-electron chi connectivity index (χ3n) is 6.33. The van der Waals surface area contributed by atoms with Gasteiger partial charge in [-0.05, 0) is 31.2 Å². The highest BCUT2D eigenvalue weighted by atomic mass is 16.5. The first kappa shape index (κ1) is 16.6. The first-order chi connectivity index (χ1) is 11.9. The van der Waals surface area contributed by atoms with Gasteiger partial charge in [-0.15, -0.1) is 0 Å². The van der Waals surface area contributed by atoms with Gasteiger partial charge in [-0.1, -0.05) is 56.0 Å². The zero-order valence-corrected chi connectivity index (χ0v) is 14.8. The number of fused-ring (bicyclic) bond motifs is 1. The highest BCUT2D eigenvalue weighted by Gasteiger charge is 2.40. The van der Waals surface area contributed by atoms with Crippen LogP contribution in [0.25, 0.3) is 0 Å². The number of rotatable bonds is 4. The molecule has 1 N–H and O–H groups in total. The first-order valence-electron chi connectivity index (χ1n) is 10.1. The second kappa shape index (κ2) is 7.99. The molecule has 0 bridgehead atoms. The molecule has 1 saturated heterocycles. The Morgan fingerprint density at radius 2 is 1.67 bits per heavy atom. The van der Waals surface area contributed by atoms with E-state index in [0.29, 0.717) is 12.1 Å². The molecule has 132 valence electrons. The zero-order chi connectivity index (χ0) is 16.2. The number of piperazine rings is 1. The Labute approximate surface area is 146 Å². The Morgan fingerprint density at radius 1 is 0.917 bits per heavy atom. The van der Waals surface area contributed by atoms with Crippen LogP contribution in [0.15, 0.2) is 30.3 Å². The van der Waals surface area contributed by atoms with Crippen LogP contribution in [0.2, 0.25) is 0 Å². The van der Waals surface area contributed by atoms with Crippen molar-refractivity contribution in [2.75, 3.05) is 13.1 Å². The molecule has 3 heteroatoms. The molecule has 4 atom stereocenters. The molecule has 1 aliphatic heterocycles. The Hall–Kier alpha value is -0.900. The van der Waals surface area contributed by atoms with Crippen LogP contribution in [0, 0.1) is 0 Å². The van der Waals surface area contributed by atoms with Crippen molar-refractivity contribution >= 4 is 0 Å². The van der Waals surface area contributed by atoms with Crippen LogP contribution >= 0.6 is 0 Å². The first-order valence-corrected chi connectivity index (χ1v) is 10.1. The summed E-state index contributed by atoms with van der Waals surface area (Å²) >= 11 is 0. The molecule has 3 aliphatic rings. The fraction of sp³-hybridized carbons (Fsp3) is 0.714. The van der Waals surface area contributed by atoms with E-state index >= 15 is 0 Å². The number of hydrogen-bond acceptors (Lipinski definition) is 3. The van der Waals surface area contributed by atoms with Gasteiger partial charge in [0.25, 0.3) is 0 Å². The van der Waals surface area contributed by atoms with E-state index in [1.165, 1.54) is 63.5 Å². The third kappa shape index (κ3) is 3.68. The predicted molar refractivity (Wildman–Crippen MR) is 98.0 cm³/mol. The Kier molecular flexibility index (Phi) is 5.51. The van der Waals surface area contributed by atoms with E-state index in [1.54, 1.807) is 0 Å². The average Bonchev–Trinajstić information content (AvgIpc) is 2.67. The lowest BCUT2D eigenvalue weighted by Gasteiger charge is -2.50. The molecule has 4 rings (SSSR count). The fourth-order valence-corrected chi connectivity index (χ4v) is 5.13. The van der Waals surface area contributed by atoms with E-state index in [0.717, 1.165) is 25.2 Å². The summed E-state index contributed by atoms with van der Waals surface area (Å²) in [6.07, 6.45) is 11.2. The molecule has 3 fully saturated rings. The standard InChI is InChI=1S/C21H32N2O/c1-2-8-17(9-3-1)16-24-21-13-7-6-12-20(21)23-15-14-22-18-10-4-5-11-19(18)23/h1-3,8-9,18-22H,4-7,10-16H2. The molecule has 24 heavy (non-hydrogen) atoms. The van der Waals surface area contributed by atoms with Gasteiger partial charge < -0.3 is 10.1 Å². The lowest BCUT2D eigenvalue weighted by atomic mass is 9.83. The summed E-state index contributed by atoms with van der Waals surface area (Å²) in [5.41, 5.74) is 1.30. The topological polar surface area (TPSA) is 24.5 Å². The van der Waals surface area contributed by atoms with Crippen LogP contribution in [0.4, 0.5) is 0 Å². The summed E-state index contributed by atoms with van der Waals surface area (Å²) in [7, 11) is 0. The van der Waals surface area contributed by atoms with Crippen molar-refractivity contribution in [3.63, 3.8) is 0 Å². The molecule has 0 aromatic heterocycles. The lowest BCUT2D eigenvalue weighted by molar-refractivity contribution is -0.0722. The minimum Gasteiger partial charge on any atom is -0.372 e. The van der Waals surface area contributed by atoms with Crippen LogP contribution in [0.3, 0.4) is 0 Å². The van der Waals surface area contributed by atoms with Crippen molar-refractivity contribution in [2.45, 2.75) is 82.2 Å². The molecule has 2 aliphatic carbocycles. The Balaban J connectivity index is 1.43. The monoisotopic (exact) mass is 328 g/mol. The summed E-state index contributed by atoms with van der Waals surface area (Å²) in [6.45, 7) is 3.13. The maximum absolute atomic E-state index is 6.45. The van der Waals surface area contributed by atoms with E-state index in [1.807, 2.05) is 0 Å². The van der Waals surface area contributed by atoms with Gasteiger partial charge in [0.2, 0.25) is 0 Å². The van der Waals surface area contributed by atoms with Crippen LogP contribution in [-0.2, 0) is 11.3 Å². The van der Waals surface area contributed by atoms with Crippen LogP contribution in [-0.4, -0.2) is 42.2 Å². The smallest absolute Gasteiger partial charge is 0.0734 e. The SMILES string of the molecule is c1ccc(COC2CCCCC2N2CCNC3CCCCC32)cc1. The van der Waals surface area contributed by atoms with Gasteiger partial charge in [-0.2, -0.15) is 0 Å². The van der Waals surface area contributed by atoms with Crippen molar-refractivity contribution in [3.8, 4) is 0 Å². The molecule has 1 aromatic rings. The van der Waals surface area contributed by atoms with Crippen LogP contribution in [0.1, 0.15) is 56.9 Å². The number of hydrogen-bond donors (Lipinski definition) is 1. The molecular formula is C21H32N2O. The molecule has 3 nitrogen and oxygen atoms in total. The maximum atomic E-state index is 6.45. The molecule has 0 amide bonds. The van der Waals surface area contributed by atoms with Crippen molar-refractivity contribution < 1.29 is 4.74 Å². The highest BCUT2D eigenvalue weighted by Crippen LogP contribution is 2.33. The van der Waals surface area contributed by atoms with Gasteiger partial charge in [0.05, 0.1) is 12.7 Å². The minimum absolute atomic E-state index is 0.416. The molecule has 4 unspecified atom stereocenters. The summed E-state index contributed by atoms with van der Waals surface area (Å²) in [4.78, 5) is 2.84. The van der Waals surface area contributed by atoms with Crippen molar-refractivity contribution in [2.24, 2.45) is 0 Å². The van der Waals surface area contributed by atoms with Crippen molar-refractivity contribution in [3.05, 3.63) is 35.9 Å². The van der Waals surface area contributed by atoms with Gasteiger partial charge >= 0.3 is 0 Å². The molecule has 2 saturated carbocycles. The lowest BCUT2D eigenvalue weighted by Crippen LogP contribution is -2.64. The van der Waals surface area contributed by atoms with Gasteiger partial charge in [0.1, 0.15) is 0 Å². The molecule has 0 spiro atoms. The molecule has 1 heterocycles. The normalized spacial score (nSPS) is 34.7. The number of nitrogens with one attached hydrogen (secondary N) is 1. The second-order valence-electron chi connectivity index (χ2n) is 7.84. The van der Waals surface area contributed by atoms with E-state index in [-0.39, 0.29) is 0 Å². The van der Waals surface area contributed by atoms with E-state index in [9.17, 15) is 0 Å². The molecule has 1 aromatic carbocycles. The van der Waals surface area contributed by atoms with Crippen molar-refractivity contribution in [1.82, 2.24) is 10.2 Å². The van der Waals surface area contributed by atoms with E-state index < -0.39 is 0 Å². The summed E-state index contributed by atoms with van der Waals surface area (Å²) in [5.74, 6) is 0. The predicted octanol–water partition coefficient (Wildman–Crippen LogP) is 3.73. The number of nitrogens with zero attached hydrogens (tertiary/aromatic N) is 1. The highest BCUT2D eigenvalue weighted by molar-refractivity contribution is 5.13. The van der Waals surface area contributed by atoms with E-state index in [4.69, 9.17) is 4.74 Å². The van der Waals surface area contributed by atoms with Gasteiger partial charge in [-0.3, -0.25) is 4.90 Å². The number of benzene rings is 1. The van der Waals surface area contributed by atoms with Crippen molar-refractivity contribution in [1.29, 1.82) is 0 Å². The quantitative estimate of drug-likeness (QED) is 0.911. The summed E-state index contributed by atoms with van der Waals surface area (Å²) < 4.78 is 6.45. The summed E-state index contributed by atoms with van der Waals surface area (Å²) in [5, 5.41) is 3.78. The minimum atomic E-state index is 0.416. The van der Waals surface area contributed by atoms with Gasteiger partial charge in [0.15, 0.2) is 0 Å². The second-order valence-corrected chi connectivity index (χ2v) is 7.84. The van der Waals surface area contributed by atoms with E-state index in [2.05, 4.69) is 40.5 Å². The third-order valence-corrected chi connectivity index (χ3v) is 6.33. The molecule has 0 radical (unpaired) electrons. The van der Waals surface area contributed by atoms with Crippen LogP contribution < -0.4 is 5.32 Å². The van der Waals surface area contributed by atoms with Gasteiger partial charge in [-0.25, -0.2) is 0 Å². The maximum Gasteiger partial charge on any atom is 0.0734 e. The van der Waals surface area contributed by atoms with Gasteiger partial charge in [0, 0.05) is 31.2 Å². The number of ether oxygens (including phenoxy) is 1. The van der Waals surface area contributed by atoms with Crippen LogP contribution in [0.5, 0.6) is 0 Å². The summed E-state index contributed by atoms with van der Waals surface area (Å²) in [6, 6.07) is 12.8. The molecular weight excluding hydrogens is 296 g/mol. The largest absolute Gasteiger partial charge is 0.372 e. The average molecular weight is 329 g/mol. The zero-order valence-electron chi connectivity index (χ0n) is 14.8. The fourth-order valence-electron chi connectivity index (χ4n) is 5.13.